The molecule has 0 unspecified atom stereocenters. The van der Waals surface area contributed by atoms with Crippen molar-refractivity contribution in [3.63, 3.8) is 0 Å². The molecule has 0 saturated carbocycles. The summed E-state index contributed by atoms with van der Waals surface area (Å²) in [7, 11) is 0. The molecule has 0 rings (SSSR count). The van der Waals surface area contributed by atoms with Crippen molar-refractivity contribution >= 4 is 35.6 Å². The van der Waals surface area contributed by atoms with E-state index < -0.39 is 34.4 Å². The van der Waals surface area contributed by atoms with E-state index >= 15 is 0 Å². The van der Waals surface area contributed by atoms with Crippen LogP contribution < -0.4 is 0 Å². The summed E-state index contributed by atoms with van der Waals surface area (Å²) in [5.74, 6) is -5.14. The molecule has 0 bridgehead atoms. The van der Waals surface area contributed by atoms with Crippen LogP contribution in [0, 0.1) is 0 Å². The monoisotopic (exact) mass is 743 g/mol. The number of carbonyl (C=O) groups is 4. The highest BCUT2D eigenvalue weighted by Crippen LogP contribution is 2.23. The number of hydrogen-bond acceptors (Lipinski definition) is 7. The third-order valence-corrected chi connectivity index (χ3v) is 11.0. The lowest BCUT2D eigenvalue weighted by molar-refractivity contribution is -0.153. The first kappa shape index (κ1) is 49.2. The van der Waals surface area contributed by atoms with Gasteiger partial charge in [-0.3, -0.25) is 19.2 Å². The fraction of sp³-hybridized carbons (Fsp3) is 0.905. The van der Waals surface area contributed by atoms with Crippen molar-refractivity contribution in [3.05, 3.63) is 0 Å². The van der Waals surface area contributed by atoms with Gasteiger partial charge in [0.25, 0.3) is 0 Å². The van der Waals surface area contributed by atoms with Gasteiger partial charge in [-0.1, -0.05) is 206 Å². The molecule has 0 aliphatic carbocycles. The number of ether oxygens (including phenoxy) is 2. The van der Waals surface area contributed by atoms with Gasteiger partial charge in [0, 0.05) is 0 Å². The van der Waals surface area contributed by atoms with Gasteiger partial charge in [0.1, 0.15) is 0 Å². The summed E-state index contributed by atoms with van der Waals surface area (Å²) in [5.41, 5.74) is 0. The lowest BCUT2D eigenvalue weighted by Crippen LogP contribution is -2.37. The van der Waals surface area contributed by atoms with E-state index in [0.717, 1.165) is 38.5 Å². The Balaban J connectivity index is 4.10. The summed E-state index contributed by atoms with van der Waals surface area (Å²) in [6.07, 6.45) is 39.3. The van der Waals surface area contributed by atoms with Crippen LogP contribution in [0.15, 0.2) is 0 Å². The SMILES string of the molecule is CCCCCCCCCCCCCCCCCCOC(=O)C(SC(C(=O)O)C(=O)O)C(=O)OCCCCCCCCCCCCCCCCCC. The third-order valence-electron chi connectivity index (χ3n) is 9.63. The van der Waals surface area contributed by atoms with Crippen LogP contribution in [-0.2, 0) is 28.7 Å². The van der Waals surface area contributed by atoms with Crippen LogP contribution in [0.2, 0.25) is 0 Å². The molecule has 0 radical (unpaired) electrons. The van der Waals surface area contributed by atoms with Crippen molar-refractivity contribution in [2.24, 2.45) is 0 Å². The molecular weight excluding hydrogens is 665 g/mol. The highest BCUT2D eigenvalue weighted by atomic mass is 32.2. The summed E-state index contributed by atoms with van der Waals surface area (Å²) in [4.78, 5) is 48.5. The zero-order chi connectivity index (χ0) is 37.6. The first-order valence-electron chi connectivity index (χ1n) is 21.3. The molecular formula is C42H78O8S. The molecule has 0 aliphatic heterocycles. The van der Waals surface area contributed by atoms with Crippen LogP contribution in [0.5, 0.6) is 0 Å². The zero-order valence-corrected chi connectivity index (χ0v) is 33.8. The first-order chi connectivity index (χ1) is 24.8. The molecule has 0 aromatic heterocycles. The summed E-state index contributed by atoms with van der Waals surface area (Å²) in [6, 6.07) is 0. The molecule has 51 heavy (non-hydrogen) atoms. The number of carboxylic acids is 2. The van der Waals surface area contributed by atoms with Crippen LogP contribution in [0.4, 0.5) is 0 Å². The number of unbranched alkanes of at least 4 members (excludes halogenated alkanes) is 30. The van der Waals surface area contributed by atoms with Gasteiger partial charge >= 0.3 is 23.9 Å². The summed E-state index contributed by atoms with van der Waals surface area (Å²) in [6.45, 7) is 4.71. The number of hydrogen-bond donors (Lipinski definition) is 2. The van der Waals surface area contributed by atoms with Gasteiger partial charge in [0.2, 0.25) is 10.5 Å². The van der Waals surface area contributed by atoms with Gasteiger partial charge < -0.3 is 19.7 Å². The van der Waals surface area contributed by atoms with Gasteiger partial charge in [0.15, 0.2) is 0 Å². The molecule has 0 atom stereocenters. The van der Waals surface area contributed by atoms with E-state index in [2.05, 4.69) is 13.8 Å². The highest BCUT2D eigenvalue weighted by Gasteiger charge is 2.39. The normalized spacial score (nSPS) is 11.4. The number of esters is 2. The minimum Gasteiger partial charge on any atom is -0.480 e. The topological polar surface area (TPSA) is 127 Å². The van der Waals surface area contributed by atoms with E-state index in [1.807, 2.05) is 0 Å². The zero-order valence-electron chi connectivity index (χ0n) is 32.9. The predicted octanol–water partition coefficient (Wildman–Crippen LogP) is 12.2. The van der Waals surface area contributed by atoms with Gasteiger partial charge in [-0.05, 0) is 12.8 Å². The predicted molar refractivity (Wildman–Crippen MR) is 211 cm³/mol. The lowest BCUT2D eigenvalue weighted by Gasteiger charge is -2.17. The van der Waals surface area contributed by atoms with E-state index in [4.69, 9.17) is 9.47 Å². The van der Waals surface area contributed by atoms with Crippen molar-refractivity contribution in [1.82, 2.24) is 0 Å². The Morgan fingerprint density at radius 2 is 0.588 bits per heavy atom. The van der Waals surface area contributed by atoms with Crippen molar-refractivity contribution < 1.29 is 38.9 Å². The molecule has 0 saturated heterocycles. The largest absolute Gasteiger partial charge is 0.480 e. The number of aliphatic carboxylic acids is 2. The van der Waals surface area contributed by atoms with Crippen molar-refractivity contribution in [3.8, 4) is 0 Å². The Labute approximate surface area is 316 Å². The van der Waals surface area contributed by atoms with E-state index in [0.29, 0.717) is 12.8 Å². The second-order valence-electron chi connectivity index (χ2n) is 14.5. The fourth-order valence-electron chi connectivity index (χ4n) is 6.36. The van der Waals surface area contributed by atoms with Crippen molar-refractivity contribution in [2.75, 3.05) is 13.2 Å². The number of thioether (sulfide) groups is 1. The van der Waals surface area contributed by atoms with Crippen LogP contribution in [0.25, 0.3) is 0 Å². The second-order valence-corrected chi connectivity index (χ2v) is 15.7. The molecule has 0 amide bonds. The van der Waals surface area contributed by atoms with Crippen molar-refractivity contribution in [2.45, 2.75) is 230 Å². The van der Waals surface area contributed by atoms with Gasteiger partial charge in [-0.2, -0.15) is 0 Å². The maximum Gasteiger partial charge on any atom is 0.330 e. The van der Waals surface area contributed by atoms with Crippen LogP contribution in [0.1, 0.15) is 219 Å². The molecule has 300 valence electrons. The number of carbonyl (C=O) groups excluding carboxylic acids is 2. The molecule has 0 spiro atoms. The molecule has 2 N–H and O–H groups in total. The van der Waals surface area contributed by atoms with Gasteiger partial charge in [-0.25, -0.2) is 0 Å². The van der Waals surface area contributed by atoms with Crippen molar-refractivity contribution in [1.29, 1.82) is 0 Å². The Kier molecular flexibility index (Phi) is 36.7. The Morgan fingerprint density at radius 3 is 0.804 bits per heavy atom. The Bertz CT molecular complexity index is 772. The third kappa shape index (κ3) is 32.6. The van der Waals surface area contributed by atoms with Crippen LogP contribution in [-0.4, -0.2) is 57.8 Å². The van der Waals surface area contributed by atoms with E-state index in [1.54, 1.807) is 0 Å². The van der Waals surface area contributed by atoms with Gasteiger partial charge in [-0.15, -0.1) is 11.8 Å². The minimum atomic E-state index is -1.97. The number of rotatable bonds is 40. The van der Waals surface area contributed by atoms with E-state index in [-0.39, 0.29) is 25.0 Å². The fourth-order valence-corrected chi connectivity index (χ4v) is 7.23. The lowest BCUT2D eigenvalue weighted by atomic mass is 10.0. The van der Waals surface area contributed by atoms with Crippen LogP contribution in [0.3, 0.4) is 0 Å². The maximum atomic E-state index is 12.8. The summed E-state index contributed by atoms with van der Waals surface area (Å²) in [5, 5.41) is 15.0. The maximum absolute atomic E-state index is 12.8. The summed E-state index contributed by atoms with van der Waals surface area (Å²) >= 11 is 0.252. The molecule has 0 aromatic rings. The van der Waals surface area contributed by atoms with Gasteiger partial charge in [0.05, 0.1) is 13.2 Å². The average Bonchev–Trinajstić information content (AvgIpc) is 3.10. The van der Waals surface area contributed by atoms with E-state index in [9.17, 15) is 29.4 Å². The number of carboxylic acid groups (broad SMARTS) is 2. The minimum absolute atomic E-state index is 0.103. The first-order valence-corrected chi connectivity index (χ1v) is 22.2. The molecule has 8 nitrogen and oxygen atoms in total. The Morgan fingerprint density at radius 1 is 0.373 bits per heavy atom. The molecule has 0 aliphatic rings. The standard InChI is InChI=1S/C42H78O8S/c1-3-5-7-9-11-13-15-17-19-21-23-25-27-29-31-33-35-49-41(47)38(51-37(39(43)44)40(45)46)42(48)50-36-34-32-30-28-26-24-22-20-18-16-14-12-10-8-6-4-2/h37-38H,3-36H2,1-2H3,(H,43,44)(H,45,46). The average molecular weight is 743 g/mol. The van der Waals surface area contributed by atoms with E-state index in [1.165, 1.54) is 154 Å². The molecule has 0 aromatic carbocycles. The Hall–Kier alpha value is -1.77. The van der Waals surface area contributed by atoms with Crippen LogP contribution >= 0.6 is 11.8 Å². The summed E-state index contributed by atoms with van der Waals surface area (Å²) < 4.78 is 10.6. The molecule has 9 heteroatoms. The quantitative estimate of drug-likeness (QED) is 0.0358. The highest BCUT2D eigenvalue weighted by molar-refractivity contribution is 8.03. The second kappa shape index (κ2) is 38.0. The molecule has 0 fully saturated rings. The smallest absolute Gasteiger partial charge is 0.330 e. The molecule has 0 heterocycles.